The highest BCUT2D eigenvalue weighted by Crippen LogP contribution is 2.28. The van der Waals surface area contributed by atoms with Gasteiger partial charge in [-0.25, -0.2) is 4.79 Å². The van der Waals surface area contributed by atoms with E-state index in [9.17, 15) is 24.8 Å². The van der Waals surface area contributed by atoms with Crippen molar-refractivity contribution in [1.82, 2.24) is 14.7 Å². The van der Waals surface area contributed by atoms with Crippen LogP contribution in [0.15, 0.2) is 30.5 Å². The van der Waals surface area contributed by atoms with Crippen LogP contribution in [0.25, 0.3) is 11.3 Å². The number of aromatic nitrogens is 2. The van der Waals surface area contributed by atoms with Gasteiger partial charge in [0, 0.05) is 56.9 Å². The highest BCUT2D eigenvalue weighted by molar-refractivity contribution is 6.00. The third-order valence-corrected chi connectivity index (χ3v) is 4.69. The van der Waals surface area contributed by atoms with E-state index in [1.54, 1.807) is 13.2 Å². The molecule has 0 bridgehead atoms. The van der Waals surface area contributed by atoms with Gasteiger partial charge in [-0.05, 0) is 12.1 Å². The molecule has 1 amide bonds. The first-order valence-electron chi connectivity index (χ1n) is 8.25. The summed E-state index contributed by atoms with van der Waals surface area (Å²) in [5.74, 6) is -1.62. The Morgan fingerprint density at radius 2 is 1.81 bits per heavy atom. The molecule has 1 aromatic carbocycles. The number of carboxylic acid groups (broad SMARTS) is 1. The van der Waals surface area contributed by atoms with Gasteiger partial charge in [0.25, 0.3) is 11.6 Å². The zero-order chi connectivity index (χ0) is 19.8. The van der Waals surface area contributed by atoms with E-state index in [0.29, 0.717) is 16.8 Å². The molecular formula is C17H18N4O6. The largest absolute Gasteiger partial charge is 0.479 e. The number of hydrogen-bond donors (Lipinski definition) is 2. The maximum absolute atomic E-state index is 12.9. The number of likely N-dealkylation sites (tertiary alicyclic amines) is 1. The molecule has 0 radical (unpaired) electrons. The van der Waals surface area contributed by atoms with Crippen LogP contribution in [0.1, 0.15) is 23.2 Å². The summed E-state index contributed by atoms with van der Waals surface area (Å²) >= 11 is 0. The summed E-state index contributed by atoms with van der Waals surface area (Å²) in [5.41, 5.74) is -0.619. The molecule has 27 heavy (non-hydrogen) atoms. The molecule has 0 saturated carbocycles. The third-order valence-electron chi connectivity index (χ3n) is 4.69. The number of benzene rings is 1. The van der Waals surface area contributed by atoms with Crippen LogP contribution < -0.4 is 0 Å². The van der Waals surface area contributed by atoms with Crippen LogP contribution in [-0.4, -0.2) is 60.4 Å². The predicted octanol–water partition coefficient (Wildman–Crippen LogP) is 1.05. The molecule has 3 rings (SSSR count). The van der Waals surface area contributed by atoms with Gasteiger partial charge in [-0.3, -0.25) is 19.6 Å². The molecule has 10 nitrogen and oxygen atoms in total. The first kappa shape index (κ1) is 18.5. The summed E-state index contributed by atoms with van der Waals surface area (Å²) < 4.78 is 1.47. The summed E-state index contributed by atoms with van der Waals surface area (Å²) in [4.78, 5) is 35.8. The first-order chi connectivity index (χ1) is 12.7. The van der Waals surface area contributed by atoms with Gasteiger partial charge in [0.15, 0.2) is 5.60 Å². The van der Waals surface area contributed by atoms with Crippen LogP contribution in [0, 0.1) is 10.1 Å². The number of non-ortho nitro benzene ring substituents is 1. The SMILES string of the molecule is Cn1cc(C(=O)N2CCC(O)(C(=O)O)CC2)c(-c2ccc([N+](=O)[O-])cc2)n1. The number of aryl methyl sites for hydroxylation is 1. The van der Waals surface area contributed by atoms with Crippen molar-refractivity contribution in [3.63, 3.8) is 0 Å². The van der Waals surface area contributed by atoms with Gasteiger partial charge >= 0.3 is 5.97 Å². The van der Waals surface area contributed by atoms with Crippen LogP contribution in [0.2, 0.25) is 0 Å². The highest BCUT2D eigenvalue weighted by Gasteiger charge is 2.41. The number of piperidine rings is 1. The Morgan fingerprint density at radius 1 is 1.22 bits per heavy atom. The standard InChI is InChI=1S/C17H18N4O6/c1-19-10-13(14(18-19)11-2-4-12(5-3-11)21(26)27)15(22)20-8-6-17(25,7-9-20)16(23)24/h2-5,10,25H,6-9H2,1H3,(H,23,24). The molecule has 1 aliphatic heterocycles. The average molecular weight is 374 g/mol. The van der Waals surface area contributed by atoms with Crippen molar-refractivity contribution in [2.75, 3.05) is 13.1 Å². The van der Waals surface area contributed by atoms with E-state index in [-0.39, 0.29) is 37.5 Å². The molecule has 1 fully saturated rings. The molecule has 1 aliphatic rings. The Kier molecular flexibility index (Phi) is 4.66. The maximum Gasteiger partial charge on any atom is 0.335 e. The molecule has 0 spiro atoms. The first-order valence-corrected chi connectivity index (χ1v) is 8.25. The van der Waals surface area contributed by atoms with Crippen molar-refractivity contribution in [3.05, 3.63) is 46.1 Å². The molecule has 0 aliphatic carbocycles. The van der Waals surface area contributed by atoms with Crippen LogP contribution >= 0.6 is 0 Å². The van der Waals surface area contributed by atoms with Gasteiger partial charge in [0.1, 0.15) is 5.69 Å². The fourth-order valence-electron chi connectivity index (χ4n) is 3.06. The maximum atomic E-state index is 12.9. The smallest absolute Gasteiger partial charge is 0.335 e. The summed E-state index contributed by atoms with van der Waals surface area (Å²) in [6.45, 7) is 0.215. The Hall–Kier alpha value is -3.27. The fraction of sp³-hybridized carbons (Fsp3) is 0.353. The minimum atomic E-state index is -1.81. The fourth-order valence-corrected chi connectivity index (χ4v) is 3.06. The minimum absolute atomic E-state index is 0.0544. The summed E-state index contributed by atoms with van der Waals surface area (Å²) in [6, 6.07) is 5.73. The predicted molar refractivity (Wildman–Crippen MR) is 93.0 cm³/mol. The Balaban J connectivity index is 1.85. The van der Waals surface area contributed by atoms with Crippen LogP contribution in [0.3, 0.4) is 0 Å². The molecular weight excluding hydrogens is 356 g/mol. The summed E-state index contributed by atoms with van der Waals surface area (Å²) in [5, 5.41) is 34.2. The monoisotopic (exact) mass is 374 g/mol. The molecule has 2 N–H and O–H groups in total. The molecule has 1 saturated heterocycles. The lowest BCUT2D eigenvalue weighted by Crippen LogP contribution is -2.50. The number of nitro benzene ring substituents is 1. The van der Waals surface area contributed by atoms with E-state index < -0.39 is 16.5 Å². The van der Waals surface area contributed by atoms with Crippen LogP contribution in [-0.2, 0) is 11.8 Å². The summed E-state index contributed by atoms with van der Waals surface area (Å²) in [6.07, 6.45) is 1.44. The number of amides is 1. The molecule has 0 atom stereocenters. The quantitative estimate of drug-likeness (QED) is 0.602. The minimum Gasteiger partial charge on any atom is -0.479 e. The van der Waals surface area contributed by atoms with Crippen molar-refractivity contribution < 1.29 is 24.7 Å². The number of carbonyl (C=O) groups is 2. The number of rotatable bonds is 4. The van der Waals surface area contributed by atoms with E-state index in [4.69, 9.17) is 5.11 Å². The number of nitrogens with zero attached hydrogens (tertiary/aromatic N) is 4. The van der Waals surface area contributed by atoms with E-state index in [1.807, 2.05) is 0 Å². The Morgan fingerprint density at radius 3 is 2.33 bits per heavy atom. The van der Waals surface area contributed by atoms with Crippen molar-refractivity contribution in [2.24, 2.45) is 7.05 Å². The van der Waals surface area contributed by atoms with E-state index in [2.05, 4.69) is 5.10 Å². The molecule has 0 unspecified atom stereocenters. The molecule has 10 heteroatoms. The van der Waals surface area contributed by atoms with Gasteiger partial charge < -0.3 is 15.1 Å². The lowest BCUT2D eigenvalue weighted by molar-refractivity contribution is -0.384. The van der Waals surface area contributed by atoms with Gasteiger partial charge in [0.05, 0.1) is 10.5 Å². The second-order valence-electron chi connectivity index (χ2n) is 6.50. The van der Waals surface area contributed by atoms with Crippen LogP contribution in [0.4, 0.5) is 5.69 Å². The normalized spacial score (nSPS) is 16.1. The highest BCUT2D eigenvalue weighted by atomic mass is 16.6. The number of aliphatic hydroxyl groups is 1. The second kappa shape index (κ2) is 6.80. The number of carboxylic acids is 1. The summed E-state index contributed by atoms with van der Waals surface area (Å²) in [7, 11) is 1.66. The second-order valence-corrected chi connectivity index (χ2v) is 6.50. The van der Waals surface area contributed by atoms with Gasteiger partial charge in [-0.2, -0.15) is 5.10 Å². The topological polar surface area (TPSA) is 139 Å². The van der Waals surface area contributed by atoms with Crippen molar-refractivity contribution in [2.45, 2.75) is 18.4 Å². The van der Waals surface area contributed by atoms with Gasteiger partial charge in [0.2, 0.25) is 0 Å². The zero-order valence-electron chi connectivity index (χ0n) is 14.5. The van der Waals surface area contributed by atoms with E-state index in [1.165, 1.54) is 33.8 Å². The number of aliphatic carboxylic acids is 1. The van der Waals surface area contributed by atoms with Gasteiger partial charge in [-0.1, -0.05) is 0 Å². The zero-order valence-corrected chi connectivity index (χ0v) is 14.5. The molecule has 142 valence electrons. The average Bonchev–Trinajstić information content (AvgIpc) is 3.03. The number of carbonyl (C=O) groups excluding carboxylic acids is 1. The molecule has 2 aromatic rings. The van der Waals surface area contributed by atoms with E-state index >= 15 is 0 Å². The number of hydrogen-bond acceptors (Lipinski definition) is 6. The van der Waals surface area contributed by atoms with Crippen molar-refractivity contribution in [3.8, 4) is 11.3 Å². The molecule has 1 aromatic heterocycles. The molecule has 2 heterocycles. The lowest BCUT2D eigenvalue weighted by atomic mass is 9.91. The van der Waals surface area contributed by atoms with E-state index in [0.717, 1.165) is 0 Å². The van der Waals surface area contributed by atoms with Crippen LogP contribution in [0.5, 0.6) is 0 Å². The van der Waals surface area contributed by atoms with Crippen molar-refractivity contribution in [1.29, 1.82) is 0 Å². The Labute approximate surface area is 153 Å². The number of nitro groups is 1. The lowest BCUT2D eigenvalue weighted by Gasteiger charge is -2.35. The van der Waals surface area contributed by atoms with Gasteiger partial charge in [-0.15, -0.1) is 0 Å². The Bertz CT molecular complexity index is 897. The van der Waals surface area contributed by atoms with Crippen molar-refractivity contribution >= 4 is 17.6 Å². The third kappa shape index (κ3) is 3.51.